The van der Waals surface area contributed by atoms with E-state index >= 15 is 0 Å². The zero-order chi connectivity index (χ0) is 27.2. The standard InChI is InChI=1S/C37H22N4O/c1-2-9-24-20-25(18-17-23(24)8-1)26-21-39-30-13-5-15-32-34(30)37(40(39)22-26)35-31(14-6-16-33(35)42-32)41-29-12-4-3-10-27(29)28-11-7-19-38(37)36(28)41/h1-22H/q+2. The third-order valence-electron chi connectivity index (χ3n) is 9.55. The first-order chi connectivity index (χ1) is 20.8. The average Bonchev–Trinajstić information content (AvgIpc) is 3.71. The van der Waals surface area contributed by atoms with Crippen LogP contribution >= 0.6 is 0 Å². The molecule has 3 aliphatic rings. The van der Waals surface area contributed by atoms with Gasteiger partial charge in [0.15, 0.2) is 11.3 Å². The Kier molecular flexibility index (Phi) is 3.50. The number of hydrogen-bond acceptors (Lipinski definition) is 1. The van der Waals surface area contributed by atoms with Gasteiger partial charge in [-0.3, -0.25) is 0 Å². The lowest BCUT2D eigenvalue weighted by Crippen LogP contribution is -2.76. The van der Waals surface area contributed by atoms with E-state index in [1.165, 1.54) is 49.4 Å². The second kappa shape index (κ2) is 6.96. The molecule has 0 radical (unpaired) electrons. The predicted octanol–water partition coefficient (Wildman–Crippen LogP) is 7.00. The molecule has 0 amide bonds. The molecule has 0 aliphatic carbocycles. The second-order valence-electron chi connectivity index (χ2n) is 11.5. The first kappa shape index (κ1) is 21.1. The van der Waals surface area contributed by atoms with E-state index in [9.17, 15) is 0 Å². The number of aromatic nitrogens is 4. The van der Waals surface area contributed by atoms with E-state index in [0.717, 1.165) is 28.4 Å². The minimum Gasteiger partial charge on any atom is -0.456 e. The highest BCUT2D eigenvalue weighted by Gasteiger charge is 2.68. The van der Waals surface area contributed by atoms with Gasteiger partial charge in [-0.15, -0.1) is 4.68 Å². The fraction of sp³-hybridized carbons (Fsp3) is 0.0270. The van der Waals surface area contributed by atoms with E-state index in [0.29, 0.717) is 0 Å². The first-order valence-electron chi connectivity index (χ1n) is 14.4. The van der Waals surface area contributed by atoms with Gasteiger partial charge >= 0.3 is 11.3 Å². The molecular weight excluding hydrogens is 516 g/mol. The molecule has 194 valence electrons. The molecule has 0 N–H and O–H groups in total. The molecular formula is C37H22N4O+2. The lowest BCUT2D eigenvalue weighted by molar-refractivity contribution is -0.987. The quantitative estimate of drug-likeness (QED) is 0.207. The summed E-state index contributed by atoms with van der Waals surface area (Å²) >= 11 is 0. The molecule has 0 fully saturated rings. The topological polar surface area (TPSA) is 26.8 Å². The van der Waals surface area contributed by atoms with Gasteiger partial charge in [0, 0.05) is 5.39 Å². The summed E-state index contributed by atoms with van der Waals surface area (Å²) in [4.78, 5) is 0. The molecule has 0 bridgehead atoms. The molecule has 1 spiro atoms. The monoisotopic (exact) mass is 538 g/mol. The number of ether oxygens (including phenoxy) is 1. The van der Waals surface area contributed by atoms with Crippen LogP contribution in [0.5, 0.6) is 11.5 Å². The normalized spacial score (nSPS) is 16.9. The molecule has 0 saturated carbocycles. The highest BCUT2D eigenvalue weighted by Crippen LogP contribution is 2.54. The molecule has 1 unspecified atom stereocenters. The number of para-hydroxylation sites is 1. The molecule has 5 aromatic carbocycles. The highest BCUT2D eigenvalue weighted by molar-refractivity contribution is 6.07. The lowest BCUT2D eigenvalue weighted by Gasteiger charge is -2.32. The molecule has 5 nitrogen and oxygen atoms in total. The van der Waals surface area contributed by atoms with Gasteiger partial charge in [0.25, 0.3) is 0 Å². The van der Waals surface area contributed by atoms with Crippen molar-refractivity contribution < 1.29 is 14.0 Å². The van der Waals surface area contributed by atoms with E-state index in [1.807, 2.05) is 0 Å². The number of pyridine rings is 1. The van der Waals surface area contributed by atoms with Crippen molar-refractivity contribution in [1.82, 2.24) is 9.25 Å². The van der Waals surface area contributed by atoms with Crippen molar-refractivity contribution >= 4 is 32.7 Å². The maximum absolute atomic E-state index is 6.72. The van der Waals surface area contributed by atoms with Gasteiger partial charge in [0.2, 0.25) is 6.20 Å². The molecule has 11 rings (SSSR count). The van der Waals surface area contributed by atoms with Crippen LogP contribution in [0.3, 0.4) is 0 Å². The number of nitrogens with zero attached hydrogens (tertiary/aromatic N) is 4. The van der Waals surface area contributed by atoms with Crippen molar-refractivity contribution in [3.05, 3.63) is 145 Å². The number of hydrogen-bond donors (Lipinski definition) is 0. The lowest BCUT2D eigenvalue weighted by atomic mass is 9.84. The number of fused-ring (bicyclic) bond motifs is 7. The molecule has 3 aromatic heterocycles. The van der Waals surface area contributed by atoms with Crippen molar-refractivity contribution in [3.8, 4) is 34.0 Å². The van der Waals surface area contributed by atoms with Gasteiger partial charge in [-0.05, 0) is 70.9 Å². The van der Waals surface area contributed by atoms with Crippen LogP contribution in [0, 0.1) is 0 Å². The predicted molar refractivity (Wildman–Crippen MR) is 162 cm³/mol. The van der Waals surface area contributed by atoms with Crippen LogP contribution in [0.1, 0.15) is 11.1 Å². The third kappa shape index (κ3) is 2.21. The molecule has 42 heavy (non-hydrogen) atoms. The van der Waals surface area contributed by atoms with E-state index in [4.69, 9.17) is 4.74 Å². The van der Waals surface area contributed by atoms with Gasteiger partial charge in [-0.1, -0.05) is 65.3 Å². The smallest absolute Gasteiger partial charge is 0.397 e. The zero-order valence-corrected chi connectivity index (χ0v) is 22.4. The SMILES string of the molecule is c1cc2c3c(c1)-n1c4ccccc4c4ccc[n+](c41)C31c3c(cccc3-n3cc(-c4ccc5ccccc5c4)c[n+]31)O2. The highest BCUT2D eigenvalue weighted by atomic mass is 16.5. The van der Waals surface area contributed by atoms with Crippen molar-refractivity contribution in [2.45, 2.75) is 5.66 Å². The Morgan fingerprint density at radius 2 is 1.38 bits per heavy atom. The molecule has 3 aliphatic heterocycles. The Hall–Kier alpha value is -5.68. The Bertz CT molecular complexity index is 2520. The summed E-state index contributed by atoms with van der Waals surface area (Å²) in [5.74, 6) is 1.79. The van der Waals surface area contributed by atoms with Crippen LogP contribution in [0.25, 0.3) is 55.2 Å². The van der Waals surface area contributed by atoms with Crippen molar-refractivity contribution in [2.75, 3.05) is 0 Å². The average molecular weight is 539 g/mol. The largest absolute Gasteiger partial charge is 0.456 e. The van der Waals surface area contributed by atoms with E-state index in [1.54, 1.807) is 0 Å². The summed E-state index contributed by atoms with van der Waals surface area (Å²) in [5.41, 5.74) is 8.71. The number of benzene rings is 5. The minimum atomic E-state index is -0.658. The van der Waals surface area contributed by atoms with E-state index < -0.39 is 5.66 Å². The molecule has 1 atom stereocenters. The maximum atomic E-state index is 6.72. The van der Waals surface area contributed by atoms with Crippen molar-refractivity contribution in [1.29, 1.82) is 0 Å². The van der Waals surface area contributed by atoms with Crippen LogP contribution in [0.4, 0.5) is 0 Å². The Balaban J connectivity index is 1.33. The summed E-state index contributed by atoms with van der Waals surface area (Å²) in [6.45, 7) is 0. The molecule has 6 heterocycles. The Morgan fingerprint density at radius 3 is 2.29 bits per heavy atom. The zero-order valence-electron chi connectivity index (χ0n) is 22.4. The van der Waals surface area contributed by atoms with Crippen LogP contribution < -0.4 is 14.0 Å². The van der Waals surface area contributed by atoms with Crippen LogP contribution in [0.15, 0.2) is 134 Å². The molecule has 0 saturated heterocycles. The summed E-state index contributed by atoms with van der Waals surface area (Å²) < 4.78 is 16.4. The summed E-state index contributed by atoms with van der Waals surface area (Å²) in [5, 5.41) is 4.98. The van der Waals surface area contributed by atoms with E-state index in [2.05, 4.69) is 152 Å². The van der Waals surface area contributed by atoms with Gasteiger partial charge in [0.1, 0.15) is 28.3 Å². The summed E-state index contributed by atoms with van der Waals surface area (Å²) in [6.07, 6.45) is 6.85. The fourth-order valence-electron chi connectivity index (χ4n) is 7.94. The van der Waals surface area contributed by atoms with Crippen molar-refractivity contribution in [3.63, 3.8) is 0 Å². The fourth-order valence-corrected chi connectivity index (χ4v) is 7.94. The van der Waals surface area contributed by atoms with Gasteiger partial charge < -0.3 is 4.74 Å². The van der Waals surface area contributed by atoms with E-state index in [-0.39, 0.29) is 0 Å². The van der Waals surface area contributed by atoms with Crippen LogP contribution in [0.2, 0.25) is 0 Å². The van der Waals surface area contributed by atoms with Crippen molar-refractivity contribution in [2.24, 2.45) is 0 Å². The summed E-state index contributed by atoms with van der Waals surface area (Å²) in [6, 6.07) is 41.4. The van der Waals surface area contributed by atoms with Crippen LogP contribution in [-0.2, 0) is 5.66 Å². The number of rotatable bonds is 1. The minimum absolute atomic E-state index is 0.658. The van der Waals surface area contributed by atoms with Crippen LogP contribution in [-0.4, -0.2) is 9.25 Å². The first-order valence-corrected chi connectivity index (χ1v) is 14.4. The summed E-state index contributed by atoms with van der Waals surface area (Å²) in [7, 11) is 0. The molecule has 5 heteroatoms. The second-order valence-corrected chi connectivity index (χ2v) is 11.5. The van der Waals surface area contributed by atoms with Gasteiger partial charge in [-0.25, -0.2) is 0 Å². The Labute approximate surface area is 240 Å². The maximum Gasteiger partial charge on any atom is 0.397 e. The molecule has 8 aromatic rings. The third-order valence-corrected chi connectivity index (χ3v) is 9.55. The van der Waals surface area contributed by atoms with Gasteiger partial charge in [-0.2, -0.15) is 9.13 Å². The van der Waals surface area contributed by atoms with Gasteiger partial charge in [0.05, 0.1) is 23.3 Å². The Morgan fingerprint density at radius 1 is 0.619 bits per heavy atom.